The summed E-state index contributed by atoms with van der Waals surface area (Å²) in [6, 6.07) is 5.36. The molecule has 27 atom stereocenters. The lowest BCUT2D eigenvalue weighted by molar-refractivity contribution is -0.178. The van der Waals surface area contributed by atoms with Gasteiger partial charge in [0.05, 0.1) is 34.7 Å². The third-order valence-corrected chi connectivity index (χ3v) is 51.1. The molecule has 15 N–H and O–H groups in total. The molecule has 0 heterocycles. The Morgan fingerprint density at radius 3 is 0.905 bits per heavy atom. The highest BCUT2D eigenvalue weighted by atomic mass is 32.2. The number of hydrogen-bond acceptors (Lipinski definition) is 18. The van der Waals surface area contributed by atoms with E-state index in [1.54, 1.807) is 41.7 Å². The zero-order valence-corrected chi connectivity index (χ0v) is 94.3. The van der Waals surface area contributed by atoms with Crippen molar-refractivity contribution in [2.24, 2.45) is 121 Å². The van der Waals surface area contributed by atoms with Gasteiger partial charge in [0.15, 0.2) is 40.3 Å². The lowest BCUT2D eigenvalue weighted by Crippen LogP contribution is -2.62. The van der Waals surface area contributed by atoms with Gasteiger partial charge in [-0.3, -0.25) is 28.8 Å². The maximum Gasteiger partial charge on any atom is 0.309 e. The van der Waals surface area contributed by atoms with Gasteiger partial charge in [0.2, 0.25) is 5.78 Å². The summed E-state index contributed by atoms with van der Waals surface area (Å²) in [5.74, 6) is -1.16. The molecule has 0 amide bonds. The van der Waals surface area contributed by atoms with Crippen LogP contribution in [0.15, 0.2) is 99.4 Å². The van der Waals surface area contributed by atoms with E-state index in [4.69, 9.17) is 5.73 Å². The Bertz CT molecular complexity index is 6020. The quantitative estimate of drug-likeness (QED) is 0.0526. The maximum atomic E-state index is 12.6. The average Bonchev–Trinajstić information content (AvgIpc) is 0.680. The van der Waals surface area contributed by atoms with E-state index in [-0.39, 0.29) is 175 Å². The van der Waals surface area contributed by atoms with Crippen molar-refractivity contribution in [3.63, 3.8) is 0 Å². The van der Waals surface area contributed by atoms with E-state index in [1.165, 1.54) is 22.3 Å². The highest BCUT2D eigenvalue weighted by molar-refractivity contribution is 8.00. The molecule has 0 saturated heterocycles. The molecule has 17 aliphatic carbocycles. The number of carboxylic acid groups (broad SMARTS) is 5. The number of phenolic OH excluding ortho intramolecular Hbond substituents is 6. The fraction of sp³-hybridized carbons (Fsp3) is 0.694. The number of aliphatic hydroxyl groups is 2. The number of ketones is 1. The van der Waals surface area contributed by atoms with Crippen LogP contribution in [0, 0.1) is 136 Å². The first-order valence-electron chi connectivity index (χ1n) is 54.9. The lowest BCUT2D eigenvalue weighted by atomic mass is 9.34. The molecule has 0 aromatic heterocycles. The molecule has 147 heavy (non-hydrogen) atoms. The van der Waals surface area contributed by atoms with Crippen LogP contribution in [0.2, 0.25) is 0 Å². The van der Waals surface area contributed by atoms with Crippen molar-refractivity contribution in [1.29, 1.82) is 0 Å². The number of carbonyl (C=O) groups is 6. The summed E-state index contributed by atoms with van der Waals surface area (Å²) in [4.78, 5) is 73.3. The average molecular weight is 2080 g/mol. The number of aliphatic carboxylic acids is 5. The van der Waals surface area contributed by atoms with Crippen LogP contribution < -0.4 is 5.73 Å². The van der Waals surface area contributed by atoms with E-state index in [0.717, 1.165) is 235 Å². The summed E-state index contributed by atoms with van der Waals surface area (Å²) in [6.07, 6.45) is 39.4. The number of carbonyl (C=O) groups excluding carboxylic acids is 1. The minimum atomic E-state index is -0.830. The van der Waals surface area contributed by atoms with Crippen LogP contribution in [0.3, 0.4) is 0 Å². The zero-order chi connectivity index (χ0) is 107. The number of fused-ring (bicyclic) bond motifs is 28. The largest absolute Gasteiger partial charge is 0.504 e. The van der Waals surface area contributed by atoms with E-state index >= 15 is 0 Å². The fourth-order valence-corrected chi connectivity index (χ4v) is 39.7. The van der Waals surface area contributed by atoms with Crippen LogP contribution in [-0.4, -0.2) is 132 Å². The Morgan fingerprint density at radius 2 is 0.626 bits per heavy atom. The molecule has 3 aromatic carbocycles. The molecule has 20 rings (SSSR count). The third kappa shape index (κ3) is 16.1. The summed E-state index contributed by atoms with van der Waals surface area (Å²) in [5.41, 5.74) is 19.1. The van der Waals surface area contributed by atoms with Crippen molar-refractivity contribution in [2.75, 3.05) is 30.4 Å². The smallest absolute Gasteiger partial charge is 0.309 e. The standard InChI is InChI=1S/C32H44O6S.C31H45NO4S.C31H44O5S.C29H38O4.CH4/c1-18-25-19(15-20(33)26(18)36)30(4)11-13-32(6)23-17-29(3,27(37)38)9-8-28(23,2)10-12-31(32,5)22(30)16-21(25)39-14-7-24(34)35;2*1-18-24-19(15-20(33)25(18)34)29(4)10-12-31(6)23-17-28(3,26(35)36)8-7-27(23,2)9-11-30(31,5)22(29)16-21(24)37-14-13-32;1-17-18-7-8-21-27(4,19(18)15-20(30)23(17)31)12-14-29(6)22-16-26(3,24(32)33)10-9-25(22,2)11-13-28(21,29)5;/h15-16,21,23,33,36H,7-14,17H2,1-6H3,(H,34,35)(H,37,38);15-16,21,23,33-34H,7-14,17,32H2,1-6H3,(H,35,36);15-16,21,23,32-34H,7-14,17H2,1-6H3,(H,35,36);7-8,15,22,31H,9-14,16H2,1-6H3,(H,32,33);1H4/t21?,23-,28-,29-,30+,31-,32+;2*21?,23-,27-,28-,29+,30-,31+;22-,25-,26-,27+,28-,29+;/m1111./s1. The molecule has 0 bridgehead atoms. The number of carboxylic acids is 5. The maximum absolute atomic E-state index is 12.6. The van der Waals surface area contributed by atoms with Gasteiger partial charge in [-0.05, 0) is 409 Å². The van der Waals surface area contributed by atoms with Gasteiger partial charge in [0, 0.05) is 66.8 Å². The molecule has 3 aromatic rings. The van der Waals surface area contributed by atoms with Gasteiger partial charge in [0.25, 0.3) is 0 Å². The SMILES string of the molecule is C.CC1=C(O)C(=O)C=C2C1=CC=C1[C@@]2(C)CC[C@@]2(C)[C@@H]3C[C@](C)(C(=O)O)CC[C@]3(C)CC[C@]12C.Cc1c(O)c(O)cc2c1C(SCCC(=O)O)C=C1[C@@]2(C)CC[C@@]2(C)[C@@H]3C[C@](C)(C(=O)O)CC[C@]3(C)CC[C@]12C.Cc1c(O)c(O)cc2c1C(SCCN)C=C1[C@@]2(C)CC[C@@]2(C)[C@@H]3C[C@](C)(C(=O)O)CC[C@]3(C)CC[C@]12C.Cc1c(O)c(O)cc2c1C(SCCO)C=C1[C@@]2(C)CC[C@@]2(C)[C@@H]3C[C@](C)(C(=O)O)CC[C@]3(C)CC[C@]12C. The van der Waals surface area contributed by atoms with E-state index in [2.05, 4.69) is 141 Å². The van der Waals surface area contributed by atoms with Crippen LogP contribution in [0.1, 0.15) is 405 Å². The third-order valence-electron chi connectivity index (χ3n) is 47.6. The zero-order valence-electron chi connectivity index (χ0n) is 91.8. The number of phenols is 6. The van der Waals surface area contributed by atoms with Crippen LogP contribution in [0.4, 0.5) is 0 Å². The predicted molar refractivity (Wildman–Crippen MR) is 587 cm³/mol. The van der Waals surface area contributed by atoms with Crippen molar-refractivity contribution in [3.8, 4) is 34.5 Å². The molecule has 0 aliphatic heterocycles. The number of benzene rings is 3. The molecule has 0 radical (unpaired) electrons. The second-order valence-corrected chi connectivity index (χ2v) is 58.5. The van der Waals surface area contributed by atoms with Crippen LogP contribution in [-0.2, 0) is 45.0 Å². The number of hydrogen-bond donors (Lipinski definition) is 14. The van der Waals surface area contributed by atoms with Crippen molar-refractivity contribution >= 4 is 70.9 Å². The van der Waals surface area contributed by atoms with Gasteiger partial charge < -0.3 is 72.1 Å². The number of aliphatic hydroxyl groups excluding tert-OH is 2. The Kier molecular flexibility index (Phi) is 28.1. The van der Waals surface area contributed by atoms with Gasteiger partial charge in [-0.15, -0.1) is 35.3 Å². The molecule has 23 heteroatoms. The Morgan fingerprint density at radius 1 is 0.354 bits per heavy atom. The van der Waals surface area contributed by atoms with Gasteiger partial charge in [-0.25, -0.2) is 0 Å². The van der Waals surface area contributed by atoms with E-state index < -0.39 is 51.5 Å². The molecule has 0 spiro atoms. The Hall–Kier alpha value is -7.57. The molecule has 3 unspecified atom stereocenters. The summed E-state index contributed by atoms with van der Waals surface area (Å²) < 4.78 is 0. The summed E-state index contributed by atoms with van der Waals surface area (Å²) in [6.45, 7) is 54.2. The topological polar surface area (TPSA) is 391 Å². The van der Waals surface area contributed by atoms with E-state index in [0.29, 0.717) is 53.4 Å². The monoisotopic (exact) mass is 2080 g/mol. The molecule has 808 valence electrons. The second kappa shape index (κ2) is 36.8. The van der Waals surface area contributed by atoms with Crippen LogP contribution in [0.25, 0.3) is 0 Å². The van der Waals surface area contributed by atoms with Crippen LogP contribution >= 0.6 is 35.3 Å². The van der Waals surface area contributed by atoms with Crippen molar-refractivity contribution in [2.45, 2.75) is 392 Å². The number of rotatable bonds is 14. The van der Waals surface area contributed by atoms with Crippen molar-refractivity contribution in [3.05, 3.63) is 149 Å². The number of nitrogens with two attached hydrogens (primary N) is 1. The number of thioether (sulfide) groups is 3. The predicted octanol–water partition coefficient (Wildman–Crippen LogP) is 28.4. The molecule has 17 aliphatic rings. The highest BCUT2D eigenvalue weighted by Crippen LogP contribution is 2.82. The van der Waals surface area contributed by atoms with Crippen LogP contribution in [0.5, 0.6) is 34.5 Å². The summed E-state index contributed by atoms with van der Waals surface area (Å²) >= 11 is 5.09. The van der Waals surface area contributed by atoms with Crippen molar-refractivity contribution in [1.82, 2.24) is 0 Å². The van der Waals surface area contributed by atoms with E-state index in [9.17, 15) is 95.2 Å². The first-order valence-corrected chi connectivity index (χ1v) is 58.0. The molecule has 20 nitrogen and oxygen atoms in total. The Labute approximate surface area is 887 Å². The minimum Gasteiger partial charge on any atom is -0.504 e. The first kappa shape index (κ1) is 112. The van der Waals surface area contributed by atoms with Gasteiger partial charge in [-0.1, -0.05) is 171 Å². The summed E-state index contributed by atoms with van der Waals surface area (Å²) in [5, 5.41) is 134. The highest BCUT2D eigenvalue weighted by Gasteiger charge is 2.74. The lowest BCUT2D eigenvalue weighted by Gasteiger charge is -2.70. The molecular weight excluding hydrogens is 1900 g/mol. The van der Waals surface area contributed by atoms with Gasteiger partial charge in [-0.2, -0.15) is 0 Å². The normalized spacial score (nSPS) is 42.8. The fourth-order valence-electron chi connectivity index (χ4n) is 36.3. The number of allylic oxidation sites excluding steroid dienone is 10. The Balaban J connectivity index is 0.000000140. The molecule has 12 fully saturated rings. The second-order valence-electron chi connectivity index (χ2n) is 54.8. The van der Waals surface area contributed by atoms with Gasteiger partial charge >= 0.3 is 29.8 Å². The van der Waals surface area contributed by atoms with Crippen molar-refractivity contribution < 1.29 is 95.2 Å². The van der Waals surface area contributed by atoms with E-state index in [1.807, 2.05) is 73.2 Å². The molecular formula is C124H175NO19S3. The van der Waals surface area contributed by atoms with Gasteiger partial charge in [0.1, 0.15) is 0 Å². The number of aromatic hydroxyl groups is 6. The first-order chi connectivity index (χ1) is 67.6. The summed E-state index contributed by atoms with van der Waals surface area (Å²) in [7, 11) is 0. The minimum absolute atomic E-state index is 0. The molecule has 12 saturated carbocycles.